The van der Waals surface area contributed by atoms with Gasteiger partial charge in [-0.05, 0) is 25.1 Å². The van der Waals surface area contributed by atoms with Crippen LogP contribution in [0.2, 0.25) is 5.02 Å². The summed E-state index contributed by atoms with van der Waals surface area (Å²) in [5.74, 6) is -1.02. The van der Waals surface area contributed by atoms with E-state index in [0.29, 0.717) is 5.56 Å². The van der Waals surface area contributed by atoms with Crippen molar-refractivity contribution in [2.45, 2.75) is 6.42 Å². The summed E-state index contributed by atoms with van der Waals surface area (Å²) in [5, 5.41) is 10.6. The first-order chi connectivity index (χ1) is 8.32. The standard InChI is InChI=1S/C9H10ClFN2O4S/c1-12(18(16)17)3-2-6-4-9(13(14)15)8(11)5-7(6)10/h4-5H,2-3H2,1H3,(H,16,17)/p-1. The van der Waals surface area contributed by atoms with Crippen molar-refractivity contribution < 1.29 is 18.1 Å². The first-order valence-electron chi connectivity index (χ1n) is 4.75. The van der Waals surface area contributed by atoms with Crippen LogP contribution < -0.4 is 0 Å². The van der Waals surface area contributed by atoms with E-state index in [4.69, 9.17) is 11.6 Å². The van der Waals surface area contributed by atoms with Crippen LogP contribution in [0.5, 0.6) is 0 Å². The van der Waals surface area contributed by atoms with Gasteiger partial charge in [0.2, 0.25) is 5.82 Å². The highest BCUT2D eigenvalue weighted by atomic mass is 35.5. The zero-order valence-corrected chi connectivity index (χ0v) is 10.8. The predicted molar refractivity (Wildman–Crippen MR) is 63.3 cm³/mol. The fraction of sp³-hybridized carbons (Fsp3) is 0.333. The minimum absolute atomic E-state index is 0.0307. The van der Waals surface area contributed by atoms with E-state index in [1.807, 2.05) is 0 Å². The van der Waals surface area contributed by atoms with Crippen LogP contribution in [0, 0.1) is 15.9 Å². The molecule has 0 N–H and O–H groups in total. The second kappa shape index (κ2) is 6.19. The van der Waals surface area contributed by atoms with E-state index in [1.165, 1.54) is 7.05 Å². The third-order valence-corrected chi connectivity index (χ3v) is 3.31. The molecule has 100 valence electrons. The Hall–Kier alpha value is -1.09. The van der Waals surface area contributed by atoms with Gasteiger partial charge in [0, 0.05) is 28.9 Å². The summed E-state index contributed by atoms with van der Waals surface area (Å²) in [6.45, 7) is 0.0959. The zero-order chi connectivity index (χ0) is 13.9. The number of hydrogen-bond donors (Lipinski definition) is 0. The summed E-state index contributed by atoms with van der Waals surface area (Å²) in [4.78, 5) is 9.69. The number of rotatable bonds is 5. The molecule has 6 nitrogen and oxygen atoms in total. The average Bonchev–Trinajstić information content (AvgIpc) is 2.26. The van der Waals surface area contributed by atoms with E-state index in [2.05, 4.69) is 0 Å². The van der Waals surface area contributed by atoms with Gasteiger partial charge >= 0.3 is 5.69 Å². The molecule has 1 aromatic rings. The second-order valence-corrected chi connectivity index (χ2v) is 4.94. The lowest BCUT2D eigenvalue weighted by atomic mass is 10.1. The van der Waals surface area contributed by atoms with Crippen LogP contribution >= 0.6 is 11.6 Å². The van der Waals surface area contributed by atoms with Crippen molar-refractivity contribution in [1.82, 2.24) is 4.31 Å². The largest absolute Gasteiger partial charge is 0.760 e. The van der Waals surface area contributed by atoms with E-state index < -0.39 is 27.7 Å². The van der Waals surface area contributed by atoms with E-state index in [0.717, 1.165) is 16.4 Å². The summed E-state index contributed by atoms with van der Waals surface area (Å²) in [7, 11) is 1.34. The van der Waals surface area contributed by atoms with E-state index >= 15 is 0 Å². The molecule has 0 bridgehead atoms. The van der Waals surface area contributed by atoms with Crippen molar-refractivity contribution in [2.24, 2.45) is 0 Å². The number of hydrogen-bond acceptors (Lipinski definition) is 4. The summed E-state index contributed by atoms with van der Waals surface area (Å²) in [6.07, 6.45) is 0.157. The van der Waals surface area contributed by atoms with Gasteiger partial charge in [-0.2, -0.15) is 4.39 Å². The average molecular weight is 296 g/mol. The molecule has 0 aliphatic rings. The lowest BCUT2D eigenvalue weighted by molar-refractivity contribution is -0.387. The molecular formula is C9H9ClFN2O4S-. The Labute approximate surface area is 110 Å². The van der Waals surface area contributed by atoms with E-state index in [-0.39, 0.29) is 18.0 Å². The van der Waals surface area contributed by atoms with Gasteiger partial charge in [-0.3, -0.25) is 14.3 Å². The highest BCUT2D eigenvalue weighted by Crippen LogP contribution is 2.26. The van der Waals surface area contributed by atoms with Gasteiger partial charge in [-0.15, -0.1) is 0 Å². The van der Waals surface area contributed by atoms with Gasteiger partial charge in [-0.1, -0.05) is 11.6 Å². The van der Waals surface area contributed by atoms with Crippen LogP contribution in [-0.4, -0.2) is 31.6 Å². The van der Waals surface area contributed by atoms with Gasteiger partial charge in [0.25, 0.3) is 0 Å². The molecule has 0 spiro atoms. The normalized spacial score (nSPS) is 12.7. The van der Waals surface area contributed by atoms with E-state index in [1.54, 1.807) is 0 Å². The highest BCUT2D eigenvalue weighted by molar-refractivity contribution is 7.76. The van der Waals surface area contributed by atoms with Crippen molar-refractivity contribution in [3.8, 4) is 0 Å². The molecule has 9 heteroatoms. The van der Waals surface area contributed by atoms with Gasteiger partial charge in [0.05, 0.1) is 4.92 Å². The Morgan fingerprint density at radius 2 is 2.17 bits per heavy atom. The van der Waals surface area contributed by atoms with Crippen molar-refractivity contribution >= 4 is 28.6 Å². The maximum Gasteiger partial charge on any atom is 0.305 e. The first kappa shape index (κ1) is 15.0. The highest BCUT2D eigenvalue weighted by Gasteiger charge is 2.17. The molecule has 0 amide bonds. The summed E-state index contributed by atoms with van der Waals surface area (Å²) in [5.41, 5.74) is -0.359. The molecule has 0 fully saturated rings. The Balaban J connectivity index is 2.92. The van der Waals surface area contributed by atoms with Crippen LogP contribution in [0.4, 0.5) is 10.1 Å². The molecule has 1 unspecified atom stereocenters. The Kier molecular flexibility index (Phi) is 5.15. The van der Waals surface area contributed by atoms with Gasteiger partial charge in [-0.25, -0.2) is 4.31 Å². The first-order valence-corrected chi connectivity index (χ1v) is 6.16. The Morgan fingerprint density at radius 3 is 2.67 bits per heavy atom. The van der Waals surface area contributed by atoms with E-state index in [9.17, 15) is 23.3 Å². The molecule has 0 aliphatic heterocycles. The van der Waals surface area contributed by atoms with Gasteiger partial charge in [0.1, 0.15) is 0 Å². The summed E-state index contributed by atoms with van der Waals surface area (Å²) < 4.78 is 35.3. The number of nitro groups is 1. The smallest absolute Gasteiger partial charge is 0.305 e. The van der Waals surface area contributed by atoms with Crippen molar-refractivity contribution in [1.29, 1.82) is 0 Å². The minimum atomic E-state index is -2.38. The molecule has 18 heavy (non-hydrogen) atoms. The lowest BCUT2D eigenvalue weighted by Crippen LogP contribution is -2.23. The summed E-state index contributed by atoms with van der Waals surface area (Å²) >= 11 is 3.36. The second-order valence-electron chi connectivity index (χ2n) is 3.47. The lowest BCUT2D eigenvalue weighted by Gasteiger charge is -2.18. The summed E-state index contributed by atoms with van der Waals surface area (Å²) in [6, 6.07) is 1.86. The zero-order valence-electron chi connectivity index (χ0n) is 9.26. The molecule has 0 saturated heterocycles. The fourth-order valence-corrected chi connectivity index (χ4v) is 1.75. The maximum absolute atomic E-state index is 13.2. The maximum atomic E-state index is 13.2. The molecule has 0 heterocycles. The van der Waals surface area contributed by atoms with Crippen LogP contribution in [0.1, 0.15) is 5.56 Å². The molecular weight excluding hydrogens is 287 g/mol. The third-order valence-electron chi connectivity index (χ3n) is 2.26. The predicted octanol–water partition coefficient (Wildman–Crippen LogP) is 1.66. The van der Waals surface area contributed by atoms with Crippen molar-refractivity contribution in [3.05, 3.63) is 38.7 Å². The minimum Gasteiger partial charge on any atom is -0.760 e. The fourth-order valence-electron chi connectivity index (χ4n) is 1.26. The van der Waals surface area contributed by atoms with Crippen molar-refractivity contribution in [2.75, 3.05) is 13.6 Å². The van der Waals surface area contributed by atoms with Crippen LogP contribution in [-0.2, 0) is 17.7 Å². The van der Waals surface area contributed by atoms with Crippen molar-refractivity contribution in [3.63, 3.8) is 0 Å². The monoisotopic (exact) mass is 295 g/mol. The van der Waals surface area contributed by atoms with Gasteiger partial charge < -0.3 is 4.55 Å². The molecule has 0 radical (unpaired) electrons. The number of nitrogens with zero attached hydrogens (tertiary/aromatic N) is 2. The quantitative estimate of drug-likeness (QED) is 0.469. The molecule has 0 aromatic heterocycles. The number of benzene rings is 1. The van der Waals surface area contributed by atoms with Crippen LogP contribution in [0.25, 0.3) is 0 Å². The Morgan fingerprint density at radius 1 is 1.56 bits per heavy atom. The van der Waals surface area contributed by atoms with Crippen LogP contribution in [0.3, 0.4) is 0 Å². The molecule has 0 saturated carbocycles. The number of halogens is 2. The van der Waals surface area contributed by atoms with Gasteiger partial charge in [0.15, 0.2) is 0 Å². The number of likely N-dealkylation sites (N-methyl/N-ethyl adjacent to an activating group) is 1. The molecule has 1 aromatic carbocycles. The van der Waals surface area contributed by atoms with Crippen LogP contribution in [0.15, 0.2) is 12.1 Å². The number of nitro benzene ring substituents is 1. The topological polar surface area (TPSA) is 86.5 Å². The molecule has 0 aliphatic carbocycles. The molecule has 1 atom stereocenters. The third kappa shape index (κ3) is 3.70. The Bertz CT molecular complexity index is 500. The molecule has 1 rings (SSSR count). The SMILES string of the molecule is CN(CCc1cc([N+](=O)[O-])c(F)cc1Cl)S(=O)[O-].